The summed E-state index contributed by atoms with van der Waals surface area (Å²) in [6.07, 6.45) is 7.53. The first-order chi connectivity index (χ1) is 21.1. The first kappa shape index (κ1) is 30.2. The van der Waals surface area contributed by atoms with Crippen LogP contribution in [0, 0.1) is 23.1 Å². The van der Waals surface area contributed by atoms with Crippen LogP contribution in [-0.2, 0) is 17.8 Å². The molecule has 8 nitrogen and oxygen atoms in total. The van der Waals surface area contributed by atoms with Crippen LogP contribution in [0.15, 0.2) is 48.6 Å². The minimum Gasteiger partial charge on any atom is -0.400 e. The van der Waals surface area contributed by atoms with Gasteiger partial charge < -0.3 is 16.1 Å². The van der Waals surface area contributed by atoms with Crippen molar-refractivity contribution in [3.63, 3.8) is 0 Å². The number of nitrogens with zero attached hydrogens (tertiary/aromatic N) is 5. The molecule has 1 saturated carbocycles. The second kappa shape index (κ2) is 11.9. The number of anilines is 1. The van der Waals surface area contributed by atoms with Gasteiger partial charge in [-0.3, -0.25) is 4.90 Å². The molecule has 0 radical (unpaired) electrons. The van der Waals surface area contributed by atoms with Gasteiger partial charge in [-0.15, -0.1) is 0 Å². The van der Waals surface area contributed by atoms with Gasteiger partial charge in [-0.25, -0.2) is 29.0 Å². The molecule has 0 unspecified atom stereocenters. The van der Waals surface area contributed by atoms with Crippen LogP contribution >= 0.6 is 0 Å². The third-order valence-corrected chi connectivity index (χ3v) is 9.49. The van der Waals surface area contributed by atoms with Crippen molar-refractivity contribution >= 4 is 16.7 Å². The number of piperidine rings is 1. The fourth-order valence-electron chi connectivity index (χ4n) is 6.70. The molecule has 232 valence electrons. The number of benzene rings is 2. The number of hydrazine groups is 1. The molecule has 3 aromatic rings. The van der Waals surface area contributed by atoms with E-state index in [2.05, 4.69) is 27.4 Å². The molecule has 3 aliphatic heterocycles. The topological polar surface area (TPSA) is 120 Å². The molecule has 4 aliphatic rings. The Morgan fingerprint density at radius 2 is 1.86 bits per heavy atom. The Hall–Kier alpha value is -3.88. The molecule has 1 aliphatic carbocycles. The first-order valence-electron chi connectivity index (χ1n) is 15.4. The van der Waals surface area contributed by atoms with Gasteiger partial charge >= 0.3 is 0 Å². The highest BCUT2D eigenvalue weighted by Gasteiger charge is 2.46. The highest BCUT2D eigenvalue weighted by atomic mass is 19.3. The van der Waals surface area contributed by atoms with Gasteiger partial charge in [-0.05, 0) is 82.2 Å². The summed E-state index contributed by atoms with van der Waals surface area (Å²) in [6, 6.07) is 10.1. The van der Waals surface area contributed by atoms with Gasteiger partial charge in [0.2, 0.25) is 0 Å². The Kier molecular flexibility index (Phi) is 8.16. The molecule has 1 saturated heterocycles. The van der Waals surface area contributed by atoms with Gasteiger partial charge in [-0.2, -0.15) is 5.26 Å². The van der Waals surface area contributed by atoms with Gasteiger partial charge in [0.05, 0.1) is 28.6 Å². The molecule has 2 fully saturated rings. The van der Waals surface area contributed by atoms with Crippen molar-refractivity contribution in [2.24, 2.45) is 17.5 Å². The summed E-state index contributed by atoms with van der Waals surface area (Å²) in [6.45, 7) is 3.65. The summed E-state index contributed by atoms with van der Waals surface area (Å²) < 4.78 is 47.7. The Bertz CT molecular complexity index is 1600. The zero-order valence-corrected chi connectivity index (χ0v) is 25.0. The van der Waals surface area contributed by atoms with E-state index < -0.39 is 34.7 Å². The van der Waals surface area contributed by atoms with Crippen LogP contribution < -0.4 is 16.9 Å². The van der Waals surface area contributed by atoms with Gasteiger partial charge in [0, 0.05) is 41.9 Å². The van der Waals surface area contributed by atoms with Gasteiger partial charge in [0.1, 0.15) is 18.0 Å². The smallest absolute Gasteiger partial charge is 0.278 e. The molecule has 1 aromatic heterocycles. The molecular formula is C33H39F3N8. The van der Waals surface area contributed by atoms with E-state index in [1.54, 1.807) is 24.2 Å². The lowest BCUT2D eigenvalue weighted by atomic mass is 9.85. The first-order valence-corrected chi connectivity index (χ1v) is 15.4. The summed E-state index contributed by atoms with van der Waals surface area (Å²) in [5.74, 6) is 1.48. The average molecular weight is 605 g/mol. The van der Waals surface area contributed by atoms with Crippen LogP contribution in [0.2, 0.25) is 0 Å². The molecular weight excluding hydrogens is 565 g/mol. The van der Waals surface area contributed by atoms with Gasteiger partial charge in [0.25, 0.3) is 5.92 Å². The number of rotatable bonds is 1. The Labute approximate surface area is 255 Å². The molecule has 8 bridgehead atoms. The fraction of sp³-hybridized carbons (Fsp3) is 0.485. The molecule has 2 aromatic carbocycles. The van der Waals surface area contributed by atoms with E-state index in [1.807, 2.05) is 11.0 Å². The van der Waals surface area contributed by atoms with Gasteiger partial charge in [0.15, 0.2) is 0 Å². The molecule has 7 rings (SSSR count). The highest BCUT2D eigenvalue weighted by Crippen LogP contribution is 2.49. The molecule has 44 heavy (non-hydrogen) atoms. The average Bonchev–Trinajstić information content (AvgIpc) is 3.81. The SMILES string of the molecule is C[C@H]1Nc2ncnc3c(cc(C4(C#N)CC4)cc23)CCCCN(N)/C=C(\N)CN2CCC(CC2)C(F)(F)c2cccc1c2F. The van der Waals surface area contributed by atoms with Crippen LogP contribution in [-0.4, -0.2) is 46.1 Å². The number of hydrogen-bond acceptors (Lipinski definition) is 8. The summed E-state index contributed by atoms with van der Waals surface area (Å²) in [4.78, 5) is 11.1. The summed E-state index contributed by atoms with van der Waals surface area (Å²) >= 11 is 0. The minimum atomic E-state index is -3.33. The molecule has 0 amide bonds. The third kappa shape index (κ3) is 5.81. The normalized spacial score (nSPS) is 26.5. The maximum Gasteiger partial charge on any atom is 0.278 e. The molecule has 0 spiro atoms. The van der Waals surface area contributed by atoms with Crippen molar-refractivity contribution in [2.45, 2.75) is 69.2 Å². The maximum atomic E-state index is 16.0. The van der Waals surface area contributed by atoms with Crippen LogP contribution in [0.1, 0.15) is 73.7 Å². The Morgan fingerprint density at radius 1 is 1.09 bits per heavy atom. The number of nitrogens with one attached hydrogen (secondary N) is 1. The van der Waals surface area contributed by atoms with E-state index in [1.165, 1.54) is 18.5 Å². The predicted molar refractivity (Wildman–Crippen MR) is 164 cm³/mol. The minimum absolute atomic E-state index is 0.143. The maximum absolute atomic E-state index is 16.0. The quantitative estimate of drug-likeness (QED) is 0.307. The lowest BCUT2D eigenvalue weighted by Gasteiger charge is -2.36. The van der Waals surface area contributed by atoms with Crippen molar-refractivity contribution in [2.75, 3.05) is 31.5 Å². The van der Waals surface area contributed by atoms with Gasteiger partial charge in [-0.1, -0.05) is 24.3 Å². The highest BCUT2D eigenvalue weighted by molar-refractivity contribution is 5.92. The van der Waals surface area contributed by atoms with Crippen LogP contribution in [0.3, 0.4) is 0 Å². The van der Waals surface area contributed by atoms with Crippen LogP contribution in [0.25, 0.3) is 10.9 Å². The second-order valence-corrected chi connectivity index (χ2v) is 12.6. The van der Waals surface area contributed by atoms with Crippen molar-refractivity contribution < 1.29 is 13.2 Å². The van der Waals surface area contributed by atoms with E-state index in [4.69, 9.17) is 11.6 Å². The zero-order chi connectivity index (χ0) is 31.1. The lowest BCUT2D eigenvalue weighted by Crippen LogP contribution is -2.41. The number of alkyl halides is 2. The molecule has 11 heteroatoms. The van der Waals surface area contributed by atoms with Crippen molar-refractivity contribution in [1.82, 2.24) is 19.9 Å². The third-order valence-electron chi connectivity index (χ3n) is 9.49. The Morgan fingerprint density at radius 3 is 2.59 bits per heavy atom. The molecule has 5 N–H and O–H groups in total. The fourth-order valence-corrected chi connectivity index (χ4v) is 6.70. The van der Waals surface area contributed by atoms with Crippen LogP contribution in [0.5, 0.6) is 0 Å². The van der Waals surface area contributed by atoms with E-state index in [9.17, 15) is 5.26 Å². The summed E-state index contributed by atoms with van der Waals surface area (Å²) in [7, 11) is 0. The molecule has 1 atom stereocenters. The Balaban J connectivity index is 1.41. The zero-order valence-electron chi connectivity index (χ0n) is 25.0. The largest absolute Gasteiger partial charge is 0.400 e. The number of aryl methyl sites for hydroxylation is 1. The number of halogens is 3. The van der Waals surface area contributed by atoms with Crippen molar-refractivity contribution in [1.29, 1.82) is 5.26 Å². The monoisotopic (exact) mass is 604 g/mol. The molecule has 4 heterocycles. The second-order valence-electron chi connectivity index (χ2n) is 12.6. The number of nitriles is 1. The van der Waals surface area contributed by atoms with Crippen molar-refractivity contribution in [3.8, 4) is 6.07 Å². The summed E-state index contributed by atoms with van der Waals surface area (Å²) in [5, 5.41) is 15.6. The number of fused-ring (bicyclic) bond motifs is 9. The van der Waals surface area contributed by atoms with E-state index in [0.717, 1.165) is 47.7 Å². The number of aromatic nitrogens is 2. The van der Waals surface area contributed by atoms with E-state index >= 15 is 13.2 Å². The number of hydrogen-bond donors (Lipinski definition) is 3. The summed E-state index contributed by atoms with van der Waals surface area (Å²) in [5.41, 5.74) is 8.52. The predicted octanol–water partition coefficient (Wildman–Crippen LogP) is 5.61. The van der Waals surface area contributed by atoms with E-state index in [0.29, 0.717) is 44.1 Å². The van der Waals surface area contributed by atoms with Crippen LogP contribution in [0.4, 0.5) is 19.0 Å². The standard InChI is InChI=1S/C33H39F3N8/c1-21-26-6-4-7-28(29(26)34)33(35,36)23-8-13-43(14-9-23)17-25(38)18-44(39)12-3-2-5-22-15-24(32(19-37)10-11-32)16-27-30(22)40-20-41-31(27)42-21/h4,6-7,15-16,18,20-21,23H,2-3,5,8-14,17,38-39H2,1H3,(H,40,41,42)/b25-18-/t21-/m1/s1. The lowest BCUT2D eigenvalue weighted by molar-refractivity contribution is -0.0874. The van der Waals surface area contributed by atoms with Crippen molar-refractivity contribution in [3.05, 3.63) is 76.6 Å². The number of nitrogens with two attached hydrogens (primary N) is 2. The van der Waals surface area contributed by atoms with E-state index in [-0.39, 0.29) is 18.4 Å².